The summed E-state index contributed by atoms with van der Waals surface area (Å²) in [7, 11) is 0. The fraction of sp³-hybridized carbons (Fsp3) is 0.429. The van der Waals surface area contributed by atoms with Crippen molar-refractivity contribution in [1.29, 1.82) is 0 Å². The molecule has 2 aromatic heterocycles. The number of hydrogen-bond acceptors (Lipinski definition) is 4. The minimum Gasteiger partial charge on any atom is -0.491 e. The zero-order valence-electron chi connectivity index (χ0n) is 20.1. The molecule has 2 N–H and O–H groups in total. The maximum absolute atomic E-state index is 10.4. The molecular weight excluding hydrogens is 410 g/mol. The van der Waals surface area contributed by atoms with Gasteiger partial charge in [0.25, 0.3) is 0 Å². The smallest absolute Gasteiger partial charge is 0.177 e. The highest BCUT2D eigenvalue weighted by Crippen LogP contribution is 2.29. The van der Waals surface area contributed by atoms with Crippen LogP contribution >= 0.6 is 0 Å². The number of pyridine rings is 2. The van der Waals surface area contributed by atoms with Crippen molar-refractivity contribution >= 4 is 0 Å². The van der Waals surface area contributed by atoms with Crippen LogP contribution in [-0.4, -0.2) is 29.8 Å². The molecule has 5 heteroatoms. The van der Waals surface area contributed by atoms with Crippen molar-refractivity contribution in [2.45, 2.75) is 59.1 Å². The Morgan fingerprint density at radius 1 is 0.939 bits per heavy atom. The van der Waals surface area contributed by atoms with E-state index in [1.165, 1.54) is 18.4 Å². The number of nitrogens with one attached hydrogen (secondary N) is 1. The first-order valence-electron chi connectivity index (χ1n) is 12.2. The largest absolute Gasteiger partial charge is 0.491 e. The normalized spacial score (nSPS) is 11.0. The molecule has 0 aliphatic carbocycles. The predicted octanol–water partition coefficient (Wildman–Crippen LogP) is 4.36. The third-order valence-electron chi connectivity index (χ3n) is 5.81. The number of aromatic nitrogens is 2. The topological polar surface area (TPSA) is 58.3 Å². The summed E-state index contributed by atoms with van der Waals surface area (Å²) in [4.78, 5) is 4.88. The van der Waals surface area contributed by atoms with E-state index in [1.807, 2.05) is 55.7 Å². The number of aliphatic hydroxyl groups excluding tert-OH is 1. The van der Waals surface area contributed by atoms with Crippen molar-refractivity contribution in [3.05, 3.63) is 89.0 Å². The van der Waals surface area contributed by atoms with Crippen LogP contribution in [-0.2, 0) is 19.6 Å². The average Bonchev–Trinajstić information content (AvgIpc) is 2.84. The third kappa shape index (κ3) is 7.65. The van der Waals surface area contributed by atoms with E-state index >= 15 is 0 Å². The van der Waals surface area contributed by atoms with Crippen LogP contribution < -0.4 is 14.6 Å². The van der Waals surface area contributed by atoms with Crippen molar-refractivity contribution < 1.29 is 14.4 Å². The zero-order valence-corrected chi connectivity index (χ0v) is 20.1. The van der Waals surface area contributed by atoms with Gasteiger partial charge in [0.2, 0.25) is 0 Å². The molecule has 0 unspecified atom stereocenters. The molecule has 0 saturated heterocycles. The molecular formula is C28H38N3O2+. The van der Waals surface area contributed by atoms with Crippen molar-refractivity contribution in [2.24, 2.45) is 0 Å². The second kappa shape index (κ2) is 13.7. The first-order chi connectivity index (χ1) is 16.2. The Kier molecular flexibility index (Phi) is 10.3. The summed E-state index contributed by atoms with van der Waals surface area (Å²) in [5.41, 5.74) is 4.87. The fourth-order valence-corrected chi connectivity index (χ4v) is 4.01. The molecule has 0 spiro atoms. The van der Waals surface area contributed by atoms with Gasteiger partial charge >= 0.3 is 0 Å². The number of nitrogens with zero attached hydrogens (tertiary/aromatic N) is 2. The molecule has 0 aliphatic heterocycles. The van der Waals surface area contributed by atoms with Gasteiger partial charge in [-0.25, -0.2) is 4.57 Å². The molecule has 0 atom stereocenters. The molecule has 0 radical (unpaired) electrons. The SMILES string of the molecule is CCCCNCCCCOc1c(C)nc(Cc2ccccc2)c(CO)c1C[n+]1ccccc1. The number of rotatable bonds is 14. The van der Waals surface area contributed by atoms with Crippen LogP contribution in [0.2, 0.25) is 0 Å². The number of ether oxygens (including phenoxy) is 1. The van der Waals surface area contributed by atoms with Gasteiger partial charge in [0.05, 0.1) is 30.2 Å². The lowest BCUT2D eigenvalue weighted by Crippen LogP contribution is -2.34. The monoisotopic (exact) mass is 448 g/mol. The van der Waals surface area contributed by atoms with E-state index in [-0.39, 0.29) is 6.61 Å². The van der Waals surface area contributed by atoms with Gasteiger partial charge in [-0.2, -0.15) is 0 Å². The number of unbranched alkanes of at least 4 members (excludes halogenated alkanes) is 2. The predicted molar refractivity (Wildman–Crippen MR) is 132 cm³/mol. The lowest BCUT2D eigenvalue weighted by Gasteiger charge is -2.18. The van der Waals surface area contributed by atoms with Crippen LogP contribution in [0.5, 0.6) is 5.75 Å². The first kappa shape index (κ1) is 24.9. The summed E-state index contributed by atoms with van der Waals surface area (Å²) in [5, 5.41) is 13.9. The summed E-state index contributed by atoms with van der Waals surface area (Å²) in [6.45, 7) is 7.55. The summed E-state index contributed by atoms with van der Waals surface area (Å²) in [6.07, 6.45) is 9.28. The lowest BCUT2D eigenvalue weighted by atomic mass is 9.99. The van der Waals surface area contributed by atoms with E-state index in [1.54, 1.807) is 0 Å². The van der Waals surface area contributed by atoms with Gasteiger partial charge in [-0.05, 0) is 44.8 Å². The summed E-state index contributed by atoms with van der Waals surface area (Å²) >= 11 is 0. The maximum atomic E-state index is 10.4. The summed E-state index contributed by atoms with van der Waals surface area (Å²) in [5.74, 6) is 0.811. The zero-order chi connectivity index (χ0) is 23.3. The molecule has 0 bridgehead atoms. The highest BCUT2D eigenvalue weighted by molar-refractivity contribution is 5.46. The second-order valence-electron chi connectivity index (χ2n) is 8.46. The highest BCUT2D eigenvalue weighted by Gasteiger charge is 2.22. The number of aliphatic hydroxyl groups is 1. The molecule has 0 aliphatic rings. The Balaban J connectivity index is 1.79. The molecule has 1 aromatic carbocycles. The summed E-state index contributed by atoms with van der Waals surface area (Å²) in [6, 6.07) is 16.3. The standard InChI is InChI=1S/C28H38N3O2/c1-3-4-15-29-16-9-12-19-33-28-23(2)30-27(20-24-13-7-5-8-14-24)26(22-32)25(28)21-31-17-10-6-11-18-31/h5-8,10-11,13-14,17-18,29,32H,3-4,9,12,15-16,19-22H2,1-2H3/q+1. The molecule has 3 aromatic rings. The first-order valence-corrected chi connectivity index (χ1v) is 12.2. The second-order valence-corrected chi connectivity index (χ2v) is 8.46. The molecule has 0 saturated carbocycles. The van der Waals surface area contributed by atoms with Crippen molar-refractivity contribution in [1.82, 2.24) is 10.3 Å². The van der Waals surface area contributed by atoms with Gasteiger partial charge < -0.3 is 15.2 Å². The van der Waals surface area contributed by atoms with Gasteiger partial charge in [0, 0.05) is 24.1 Å². The Morgan fingerprint density at radius 3 is 2.39 bits per heavy atom. The van der Waals surface area contributed by atoms with Crippen LogP contribution in [0.15, 0.2) is 60.9 Å². The van der Waals surface area contributed by atoms with Crippen molar-refractivity contribution in [3.8, 4) is 5.75 Å². The van der Waals surface area contributed by atoms with E-state index in [0.717, 1.165) is 54.2 Å². The molecule has 3 rings (SSSR count). The van der Waals surface area contributed by atoms with Crippen LogP contribution in [0, 0.1) is 6.92 Å². The van der Waals surface area contributed by atoms with Crippen LogP contribution in [0.3, 0.4) is 0 Å². The minimum atomic E-state index is -0.0596. The Hall–Kier alpha value is -2.76. The van der Waals surface area contributed by atoms with Crippen molar-refractivity contribution in [2.75, 3.05) is 19.7 Å². The lowest BCUT2D eigenvalue weighted by molar-refractivity contribution is -0.688. The Labute approximate surface area is 198 Å². The number of benzene rings is 1. The molecule has 0 amide bonds. The molecule has 33 heavy (non-hydrogen) atoms. The van der Waals surface area contributed by atoms with E-state index in [0.29, 0.717) is 19.6 Å². The van der Waals surface area contributed by atoms with E-state index in [9.17, 15) is 5.11 Å². The molecule has 176 valence electrons. The van der Waals surface area contributed by atoms with E-state index in [4.69, 9.17) is 9.72 Å². The van der Waals surface area contributed by atoms with Crippen molar-refractivity contribution in [3.63, 3.8) is 0 Å². The Bertz CT molecular complexity index is 962. The van der Waals surface area contributed by atoms with E-state index < -0.39 is 0 Å². The van der Waals surface area contributed by atoms with Gasteiger partial charge in [-0.15, -0.1) is 0 Å². The van der Waals surface area contributed by atoms with Gasteiger partial charge in [-0.3, -0.25) is 4.98 Å². The fourth-order valence-electron chi connectivity index (χ4n) is 4.01. The van der Waals surface area contributed by atoms with Gasteiger partial charge in [-0.1, -0.05) is 49.7 Å². The maximum Gasteiger partial charge on any atom is 0.177 e. The van der Waals surface area contributed by atoms with Crippen LogP contribution in [0.25, 0.3) is 0 Å². The number of hydrogen-bond donors (Lipinski definition) is 2. The van der Waals surface area contributed by atoms with E-state index in [2.05, 4.69) is 28.9 Å². The Morgan fingerprint density at radius 2 is 1.67 bits per heavy atom. The third-order valence-corrected chi connectivity index (χ3v) is 5.81. The summed E-state index contributed by atoms with van der Waals surface area (Å²) < 4.78 is 8.42. The number of aryl methyl sites for hydroxylation is 1. The van der Waals surface area contributed by atoms with Gasteiger partial charge in [0.1, 0.15) is 5.75 Å². The van der Waals surface area contributed by atoms with Gasteiger partial charge in [0.15, 0.2) is 18.9 Å². The highest BCUT2D eigenvalue weighted by atomic mass is 16.5. The molecule has 5 nitrogen and oxygen atoms in total. The van der Waals surface area contributed by atoms with Crippen LogP contribution in [0.4, 0.5) is 0 Å². The minimum absolute atomic E-state index is 0.0596. The molecule has 2 heterocycles. The van der Waals surface area contributed by atoms with Crippen LogP contribution in [0.1, 0.15) is 60.7 Å². The molecule has 0 fully saturated rings. The average molecular weight is 449 g/mol. The quantitative estimate of drug-likeness (QED) is 0.284.